The van der Waals surface area contributed by atoms with E-state index in [1.54, 1.807) is 0 Å². The summed E-state index contributed by atoms with van der Waals surface area (Å²) < 4.78 is 0.335. The maximum atomic E-state index is 2.36. The van der Waals surface area contributed by atoms with Gasteiger partial charge in [0.2, 0.25) is 0 Å². The van der Waals surface area contributed by atoms with E-state index in [9.17, 15) is 0 Å². The fourth-order valence-electron chi connectivity index (χ4n) is 2.60. The lowest BCUT2D eigenvalue weighted by Crippen LogP contribution is -2.36. The van der Waals surface area contributed by atoms with Crippen LogP contribution in [0, 0.1) is 5.92 Å². The summed E-state index contributed by atoms with van der Waals surface area (Å²) in [6, 6.07) is 21.6. The van der Waals surface area contributed by atoms with Crippen molar-refractivity contribution in [3.63, 3.8) is 0 Å². The van der Waals surface area contributed by atoms with Gasteiger partial charge in [-0.15, -0.1) is 23.5 Å². The Kier molecular flexibility index (Phi) is 3.90. The molecule has 0 nitrogen and oxygen atoms in total. The zero-order valence-electron chi connectivity index (χ0n) is 11.1. The van der Waals surface area contributed by atoms with Crippen molar-refractivity contribution < 1.29 is 0 Å². The van der Waals surface area contributed by atoms with Crippen molar-refractivity contribution in [2.75, 3.05) is 0 Å². The van der Waals surface area contributed by atoms with Crippen LogP contribution in [0.5, 0.6) is 0 Å². The highest BCUT2D eigenvalue weighted by molar-refractivity contribution is 8.18. The Balaban J connectivity index is 1.76. The minimum absolute atomic E-state index is 0.335. The molecule has 0 radical (unpaired) electrons. The van der Waals surface area contributed by atoms with Gasteiger partial charge in [-0.1, -0.05) is 43.3 Å². The molecule has 2 aromatic carbocycles. The third kappa shape index (κ3) is 3.18. The third-order valence-corrected chi connectivity index (χ3v) is 6.34. The second-order valence-corrected chi connectivity index (χ2v) is 8.43. The molecule has 2 heteroatoms. The van der Waals surface area contributed by atoms with E-state index in [2.05, 4.69) is 67.6 Å². The van der Waals surface area contributed by atoms with Gasteiger partial charge < -0.3 is 0 Å². The van der Waals surface area contributed by atoms with Crippen LogP contribution in [0.15, 0.2) is 70.5 Å². The SMILES string of the molecule is CC1CC(Sc2ccccc2)(Sc2ccccc2)C1. The summed E-state index contributed by atoms with van der Waals surface area (Å²) in [5, 5.41) is 0. The van der Waals surface area contributed by atoms with Crippen molar-refractivity contribution >= 4 is 23.5 Å². The summed E-state index contributed by atoms with van der Waals surface area (Å²) in [7, 11) is 0. The highest BCUT2D eigenvalue weighted by atomic mass is 32.2. The molecule has 1 fully saturated rings. The summed E-state index contributed by atoms with van der Waals surface area (Å²) in [5.74, 6) is 0.854. The molecule has 0 heterocycles. The second kappa shape index (κ2) is 5.64. The molecule has 1 saturated carbocycles. The van der Waals surface area contributed by atoms with Gasteiger partial charge in [-0.05, 0) is 43.0 Å². The van der Waals surface area contributed by atoms with Gasteiger partial charge in [0.05, 0.1) is 4.08 Å². The van der Waals surface area contributed by atoms with Crippen LogP contribution in [0.4, 0.5) is 0 Å². The number of benzene rings is 2. The molecule has 0 amide bonds. The quantitative estimate of drug-likeness (QED) is 0.661. The first-order valence-electron chi connectivity index (χ1n) is 6.74. The largest absolute Gasteiger partial charge is 0.108 e. The van der Waals surface area contributed by atoms with Crippen molar-refractivity contribution in [3.05, 3.63) is 60.7 Å². The van der Waals surface area contributed by atoms with E-state index in [0.717, 1.165) is 5.92 Å². The van der Waals surface area contributed by atoms with Crippen LogP contribution in [0.25, 0.3) is 0 Å². The molecule has 1 aliphatic carbocycles. The molecule has 98 valence electrons. The van der Waals surface area contributed by atoms with Crippen LogP contribution in [0.2, 0.25) is 0 Å². The molecule has 1 aliphatic rings. The number of rotatable bonds is 4. The number of hydrogen-bond donors (Lipinski definition) is 0. The Bertz CT molecular complexity index is 472. The van der Waals surface area contributed by atoms with Crippen molar-refractivity contribution in [2.45, 2.75) is 33.6 Å². The summed E-state index contributed by atoms with van der Waals surface area (Å²) in [5.41, 5.74) is 0. The first-order chi connectivity index (χ1) is 9.26. The lowest BCUT2D eigenvalue weighted by molar-refractivity contribution is 0.333. The van der Waals surface area contributed by atoms with Gasteiger partial charge in [-0.25, -0.2) is 0 Å². The highest BCUT2D eigenvalue weighted by Crippen LogP contribution is 2.59. The van der Waals surface area contributed by atoms with Gasteiger partial charge >= 0.3 is 0 Å². The molecule has 2 aromatic rings. The summed E-state index contributed by atoms with van der Waals surface area (Å²) in [6.07, 6.45) is 2.60. The van der Waals surface area contributed by atoms with Crippen LogP contribution >= 0.6 is 23.5 Å². The van der Waals surface area contributed by atoms with Crippen molar-refractivity contribution in [2.24, 2.45) is 5.92 Å². The first kappa shape index (κ1) is 13.1. The molecule has 0 N–H and O–H groups in total. The fraction of sp³-hybridized carbons (Fsp3) is 0.294. The topological polar surface area (TPSA) is 0 Å². The molecule has 0 aromatic heterocycles. The van der Waals surface area contributed by atoms with Gasteiger partial charge in [0.15, 0.2) is 0 Å². The van der Waals surface area contributed by atoms with Crippen LogP contribution in [0.1, 0.15) is 19.8 Å². The molecule has 3 rings (SSSR count). The molecular formula is C17H18S2. The lowest BCUT2D eigenvalue weighted by Gasteiger charge is -2.45. The number of thioether (sulfide) groups is 2. The summed E-state index contributed by atoms with van der Waals surface area (Å²) >= 11 is 4.08. The Hall–Kier alpha value is -0.860. The average Bonchev–Trinajstić information content (AvgIpc) is 2.39. The van der Waals surface area contributed by atoms with E-state index in [-0.39, 0.29) is 0 Å². The van der Waals surface area contributed by atoms with Gasteiger partial charge in [-0.2, -0.15) is 0 Å². The highest BCUT2D eigenvalue weighted by Gasteiger charge is 2.43. The van der Waals surface area contributed by atoms with E-state index >= 15 is 0 Å². The Labute approximate surface area is 124 Å². The maximum Gasteiger partial charge on any atom is 0.0710 e. The molecule has 0 spiro atoms. The van der Waals surface area contributed by atoms with Crippen LogP contribution in [-0.4, -0.2) is 4.08 Å². The minimum atomic E-state index is 0.335. The third-order valence-electron chi connectivity index (χ3n) is 3.41. The summed E-state index contributed by atoms with van der Waals surface area (Å²) in [4.78, 5) is 2.77. The predicted molar refractivity (Wildman–Crippen MR) is 85.7 cm³/mol. The zero-order valence-corrected chi connectivity index (χ0v) is 12.7. The molecule has 0 bridgehead atoms. The Morgan fingerprint density at radius 3 is 1.58 bits per heavy atom. The molecule has 0 atom stereocenters. The Morgan fingerprint density at radius 1 is 0.789 bits per heavy atom. The molecular weight excluding hydrogens is 268 g/mol. The minimum Gasteiger partial charge on any atom is -0.108 e. The second-order valence-electron chi connectivity index (χ2n) is 5.25. The normalized spacial score (nSPS) is 17.9. The fourth-order valence-corrected chi connectivity index (χ4v) is 6.26. The van der Waals surface area contributed by atoms with E-state index < -0.39 is 0 Å². The monoisotopic (exact) mass is 286 g/mol. The zero-order chi connectivity index (χ0) is 13.1. The van der Waals surface area contributed by atoms with Crippen molar-refractivity contribution in [3.8, 4) is 0 Å². The Morgan fingerprint density at radius 2 is 1.21 bits per heavy atom. The molecule has 0 aliphatic heterocycles. The predicted octanol–water partition coefficient (Wildman–Crippen LogP) is 5.70. The molecule has 19 heavy (non-hydrogen) atoms. The molecule has 0 unspecified atom stereocenters. The average molecular weight is 286 g/mol. The van der Waals surface area contributed by atoms with Crippen LogP contribution in [-0.2, 0) is 0 Å². The van der Waals surface area contributed by atoms with E-state index in [1.165, 1.54) is 22.6 Å². The van der Waals surface area contributed by atoms with E-state index in [4.69, 9.17) is 0 Å². The van der Waals surface area contributed by atoms with Gasteiger partial charge in [-0.3, -0.25) is 0 Å². The smallest absolute Gasteiger partial charge is 0.0710 e. The molecule has 0 saturated heterocycles. The maximum absolute atomic E-state index is 2.36. The van der Waals surface area contributed by atoms with Gasteiger partial charge in [0.1, 0.15) is 0 Å². The van der Waals surface area contributed by atoms with Crippen LogP contribution < -0.4 is 0 Å². The lowest BCUT2D eigenvalue weighted by atomic mass is 9.86. The van der Waals surface area contributed by atoms with Crippen molar-refractivity contribution in [1.82, 2.24) is 0 Å². The van der Waals surface area contributed by atoms with Gasteiger partial charge in [0.25, 0.3) is 0 Å². The number of hydrogen-bond acceptors (Lipinski definition) is 2. The van der Waals surface area contributed by atoms with Crippen molar-refractivity contribution in [1.29, 1.82) is 0 Å². The van der Waals surface area contributed by atoms with E-state index in [0.29, 0.717) is 4.08 Å². The van der Waals surface area contributed by atoms with E-state index in [1.807, 2.05) is 23.5 Å². The summed E-state index contributed by atoms with van der Waals surface area (Å²) in [6.45, 7) is 2.36. The van der Waals surface area contributed by atoms with Gasteiger partial charge in [0, 0.05) is 9.79 Å². The van der Waals surface area contributed by atoms with Crippen LogP contribution in [0.3, 0.4) is 0 Å². The standard InChI is InChI=1S/C17H18S2/c1-14-12-17(13-14,18-15-8-4-2-5-9-15)19-16-10-6-3-7-11-16/h2-11,14H,12-13H2,1H3. The first-order valence-corrected chi connectivity index (χ1v) is 8.37.